The van der Waals surface area contributed by atoms with E-state index in [1.807, 2.05) is 0 Å². The van der Waals surface area contributed by atoms with E-state index in [1.165, 1.54) is 44.9 Å². The molecule has 0 bridgehead atoms. The molecular weight excluding hydrogens is 647 g/mol. The highest BCUT2D eigenvalue weighted by molar-refractivity contribution is 7.47. The maximum atomic E-state index is 12.3. The van der Waals surface area contributed by atoms with Gasteiger partial charge in [0.15, 0.2) is 0 Å². The van der Waals surface area contributed by atoms with Crippen LogP contribution in [0.2, 0.25) is 0 Å². The summed E-state index contributed by atoms with van der Waals surface area (Å²) in [7, 11) is -4.63. The molecule has 0 saturated carbocycles. The van der Waals surface area contributed by atoms with Crippen LogP contribution in [0.1, 0.15) is 155 Å². The molecule has 0 fully saturated rings. The third kappa shape index (κ3) is 33.1. The van der Waals surface area contributed by atoms with Crippen molar-refractivity contribution in [1.29, 1.82) is 0 Å². The lowest BCUT2D eigenvalue weighted by Gasteiger charge is -2.20. The van der Waals surface area contributed by atoms with Gasteiger partial charge in [-0.2, -0.15) is 0 Å². The fraction of sp³-hybridized carbons (Fsp3) is 0.789. The number of phosphoric ester groups is 1. The number of carbonyl (C=O) groups excluding carboxylic acids is 2. The molecule has 0 aliphatic heterocycles. The summed E-state index contributed by atoms with van der Waals surface area (Å²) in [4.78, 5) is 34.3. The van der Waals surface area contributed by atoms with Gasteiger partial charge in [0.1, 0.15) is 12.2 Å². The Balaban J connectivity index is 3.98. The van der Waals surface area contributed by atoms with E-state index in [0.717, 1.165) is 70.6 Å². The first-order valence-electron chi connectivity index (χ1n) is 18.9. The molecule has 0 aromatic rings. The summed E-state index contributed by atoms with van der Waals surface area (Å²) >= 11 is 0. The number of carbonyl (C=O) groups is 2. The molecule has 0 amide bonds. The van der Waals surface area contributed by atoms with E-state index in [1.54, 1.807) is 0 Å². The van der Waals surface area contributed by atoms with E-state index >= 15 is 0 Å². The number of unbranched alkanes of at least 4 members (excludes halogenated alkanes) is 15. The molecule has 0 radical (unpaired) electrons. The zero-order valence-electron chi connectivity index (χ0n) is 30.7. The number of esters is 2. The molecule has 3 unspecified atom stereocenters. The third-order valence-electron chi connectivity index (χ3n) is 7.87. The average Bonchev–Trinajstić information content (AvgIpc) is 3.09. The molecule has 0 aliphatic rings. The maximum Gasteiger partial charge on any atom is 0.472 e. The Kier molecular flexibility index (Phi) is 33.4. The summed E-state index contributed by atoms with van der Waals surface area (Å²) in [6, 6.07) is 0. The van der Waals surface area contributed by atoms with Gasteiger partial charge in [0.2, 0.25) is 0 Å². The van der Waals surface area contributed by atoms with Crippen molar-refractivity contribution in [3.63, 3.8) is 0 Å². The Morgan fingerprint density at radius 2 is 0.959 bits per heavy atom. The van der Waals surface area contributed by atoms with Crippen molar-refractivity contribution < 1.29 is 47.8 Å². The molecule has 49 heavy (non-hydrogen) atoms. The van der Waals surface area contributed by atoms with Gasteiger partial charge in [0.05, 0.1) is 26.4 Å². The number of hydrogen-bond donors (Lipinski definition) is 3. The average molecular weight is 717 g/mol. The van der Waals surface area contributed by atoms with Gasteiger partial charge in [-0.05, 0) is 44.9 Å². The summed E-state index contributed by atoms with van der Waals surface area (Å²) < 4.78 is 32.4. The van der Waals surface area contributed by atoms with Crippen LogP contribution in [-0.4, -0.2) is 65.7 Å². The van der Waals surface area contributed by atoms with Crippen LogP contribution in [0, 0.1) is 0 Å². The Bertz CT molecular complexity index is 920. The molecule has 10 nitrogen and oxygen atoms in total. The zero-order chi connectivity index (χ0) is 36.3. The summed E-state index contributed by atoms with van der Waals surface area (Å²) in [6.45, 7) is 2.04. The molecule has 286 valence electrons. The predicted molar refractivity (Wildman–Crippen MR) is 196 cm³/mol. The van der Waals surface area contributed by atoms with Gasteiger partial charge >= 0.3 is 19.8 Å². The minimum absolute atomic E-state index is 0.181. The molecule has 3 atom stereocenters. The Labute approximate surface area is 297 Å². The van der Waals surface area contributed by atoms with Gasteiger partial charge in [-0.25, -0.2) is 4.57 Å². The molecular formula is C38H69O10P. The lowest BCUT2D eigenvalue weighted by Crippen LogP contribution is -2.28. The highest BCUT2D eigenvalue weighted by atomic mass is 31.2. The molecule has 11 heteroatoms. The normalized spacial score (nSPS) is 14.5. The fourth-order valence-electron chi connectivity index (χ4n) is 4.95. The first-order chi connectivity index (χ1) is 23.8. The van der Waals surface area contributed by atoms with Crippen molar-refractivity contribution in [3.8, 4) is 0 Å². The zero-order valence-corrected chi connectivity index (χ0v) is 31.5. The van der Waals surface area contributed by atoms with Crippen LogP contribution >= 0.6 is 7.82 Å². The van der Waals surface area contributed by atoms with Gasteiger partial charge < -0.3 is 24.6 Å². The SMILES string of the molecule is CC/C=C\C/C=C\C/C=C\CCCCCCCCCC(=O)OC(CO)COP(=O)(O)OCC(CO)OC(=O)CCCCCCCCCCC. The number of allylic oxidation sites excluding steroid dienone is 6. The summed E-state index contributed by atoms with van der Waals surface area (Å²) in [6.07, 6.45) is 32.7. The lowest BCUT2D eigenvalue weighted by molar-refractivity contribution is -0.153. The van der Waals surface area contributed by atoms with Gasteiger partial charge in [-0.3, -0.25) is 18.6 Å². The van der Waals surface area contributed by atoms with Gasteiger partial charge in [0.25, 0.3) is 0 Å². The second-order valence-corrected chi connectivity index (χ2v) is 14.0. The molecule has 0 aliphatic carbocycles. The summed E-state index contributed by atoms with van der Waals surface area (Å²) in [5.74, 6) is -1.03. The van der Waals surface area contributed by atoms with Gasteiger partial charge in [0, 0.05) is 12.8 Å². The molecule has 0 aromatic carbocycles. The topological polar surface area (TPSA) is 149 Å². The fourth-order valence-corrected chi connectivity index (χ4v) is 5.74. The van der Waals surface area contributed by atoms with Crippen LogP contribution in [0.25, 0.3) is 0 Å². The number of aliphatic hydroxyl groups is 2. The first-order valence-corrected chi connectivity index (χ1v) is 20.4. The van der Waals surface area contributed by atoms with Crippen LogP contribution in [0.15, 0.2) is 36.5 Å². The first kappa shape index (κ1) is 47.2. The molecule has 0 saturated heterocycles. The number of ether oxygens (including phenoxy) is 2. The largest absolute Gasteiger partial charge is 0.472 e. The Hall–Kier alpha value is -1.81. The second-order valence-electron chi connectivity index (χ2n) is 12.5. The van der Waals surface area contributed by atoms with Crippen molar-refractivity contribution in [2.45, 2.75) is 167 Å². The smallest absolute Gasteiger partial charge is 0.457 e. The standard InChI is InChI=1S/C38H69O10P/c1-3-5-7-9-11-13-14-15-16-17-18-19-20-22-24-26-28-30-38(42)48-36(32-40)34-46-49(43,44)45-33-35(31-39)47-37(41)29-27-25-23-21-12-10-8-6-4-2/h5,7,11,13,15-16,35-36,39-40H,3-4,6,8-10,12,14,17-34H2,1-2H3,(H,43,44)/b7-5-,13-11-,16-15-. The minimum Gasteiger partial charge on any atom is -0.457 e. The van der Waals surface area contributed by atoms with Gasteiger partial charge in [-0.15, -0.1) is 0 Å². The quantitative estimate of drug-likeness (QED) is 0.0251. The summed E-state index contributed by atoms with van der Waals surface area (Å²) in [5, 5.41) is 19.0. The summed E-state index contributed by atoms with van der Waals surface area (Å²) in [5.41, 5.74) is 0. The Morgan fingerprint density at radius 3 is 1.39 bits per heavy atom. The van der Waals surface area contributed by atoms with Crippen molar-refractivity contribution in [2.24, 2.45) is 0 Å². The van der Waals surface area contributed by atoms with Crippen LogP contribution in [0.4, 0.5) is 0 Å². The van der Waals surface area contributed by atoms with E-state index in [9.17, 15) is 29.3 Å². The highest BCUT2D eigenvalue weighted by Gasteiger charge is 2.27. The third-order valence-corrected chi connectivity index (χ3v) is 8.82. The van der Waals surface area contributed by atoms with E-state index in [-0.39, 0.29) is 12.8 Å². The van der Waals surface area contributed by atoms with Crippen molar-refractivity contribution in [1.82, 2.24) is 0 Å². The molecule has 0 heterocycles. The van der Waals surface area contributed by atoms with Crippen molar-refractivity contribution in [2.75, 3.05) is 26.4 Å². The van der Waals surface area contributed by atoms with Crippen LogP contribution in [-0.2, 0) is 32.7 Å². The monoisotopic (exact) mass is 716 g/mol. The number of hydrogen-bond acceptors (Lipinski definition) is 9. The molecule has 3 N–H and O–H groups in total. The lowest BCUT2D eigenvalue weighted by atomic mass is 10.1. The maximum absolute atomic E-state index is 12.3. The van der Waals surface area contributed by atoms with Gasteiger partial charge in [-0.1, -0.05) is 134 Å². The van der Waals surface area contributed by atoms with E-state index in [2.05, 4.69) is 50.3 Å². The van der Waals surface area contributed by atoms with Crippen molar-refractivity contribution in [3.05, 3.63) is 36.5 Å². The van der Waals surface area contributed by atoms with E-state index in [0.29, 0.717) is 12.8 Å². The number of rotatable bonds is 35. The minimum atomic E-state index is -4.63. The van der Waals surface area contributed by atoms with Crippen LogP contribution < -0.4 is 0 Å². The number of aliphatic hydroxyl groups excluding tert-OH is 2. The molecule has 0 spiro atoms. The molecule has 0 rings (SSSR count). The van der Waals surface area contributed by atoms with Crippen LogP contribution in [0.3, 0.4) is 0 Å². The highest BCUT2D eigenvalue weighted by Crippen LogP contribution is 2.43. The van der Waals surface area contributed by atoms with Crippen molar-refractivity contribution >= 4 is 19.8 Å². The number of phosphoric acid groups is 1. The van der Waals surface area contributed by atoms with E-state index < -0.39 is 58.4 Å². The predicted octanol–water partition coefficient (Wildman–Crippen LogP) is 9.22. The second kappa shape index (κ2) is 34.6. The van der Waals surface area contributed by atoms with E-state index in [4.69, 9.17) is 18.5 Å². The Morgan fingerprint density at radius 1 is 0.571 bits per heavy atom. The molecule has 0 aromatic heterocycles. The van der Waals surface area contributed by atoms with Crippen LogP contribution in [0.5, 0.6) is 0 Å².